The van der Waals surface area contributed by atoms with Crippen molar-refractivity contribution in [2.75, 3.05) is 7.11 Å². The maximum Gasteiger partial charge on any atom is 0.434 e. The molecule has 3 nitrogen and oxygen atoms in total. The monoisotopic (exact) mass is 231 g/mol. The Labute approximate surface area is 89.6 Å². The minimum atomic E-state index is -4.70. The number of aliphatic imine (C=N–C) groups is 1. The fourth-order valence-corrected chi connectivity index (χ4v) is 1.02. The van der Waals surface area contributed by atoms with E-state index in [0.29, 0.717) is 0 Å². The van der Waals surface area contributed by atoms with E-state index in [1.54, 1.807) is 6.07 Å². The minimum absolute atomic E-state index is 0.180. The zero-order valence-electron chi connectivity index (χ0n) is 8.28. The Hall–Kier alpha value is -1.85. The molecular formula is C10H8F3NO2. The van der Waals surface area contributed by atoms with Crippen LogP contribution in [-0.2, 0) is 4.74 Å². The number of ether oxygens (including phenoxy) is 1. The molecule has 0 spiro atoms. The standard InChI is InChI=1S/C10H8F3NO2/c1-16-9(15)14-8(10(11,12)13)7-5-3-2-4-6-7/h2-6H,1H3. The van der Waals surface area contributed by atoms with Gasteiger partial charge in [0.15, 0.2) is 5.71 Å². The number of nitrogens with zero attached hydrogens (tertiary/aromatic N) is 1. The van der Waals surface area contributed by atoms with E-state index < -0.39 is 18.0 Å². The van der Waals surface area contributed by atoms with Crippen LogP contribution < -0.4 is 0 Å². The largest absolute Gasteiger partial charge is 0.451 e. The van der Waals surface area contributed by atoms with Gasteiger partial charge in [0.05, 0.1) is 7.11 Å². The predicted octanol–water partition coefficient (Wildman–Crippen LogP) is 2.80. The second kappa shape index (κ2) is 4.78. The van der Waals surface area contributed by atoms with E-state index in [-0.39, 0.29) is 5.56 Å². The lowest BCUT2D eigenvalue weighted by Gasteiger charge is -2.09. The third-order valence-electron chi connectivity index (χ3n) is 1.69. The Kier molecular flexibility index (Phi) is 3.65. The molecule has 0 aliphatic rings. The lowest BCUT2D eigenvalue weighted by Crippen LogP contribution is -2.25. The van der Waals surface area contributed by atoms with Crippen LogP contribution >= 0.6 is 0 Å². The van der Waals surface area contributed by atoms with E-state index in [1.807, 2.05) is 0 Å². The van der Waals surface area contributed by atoms with Crippen molar-refractivity contribution in [3.05, 3.63) is 35.9 Å². The molecule has 0 bridgehead atoms. The SMILES string of the molecule is COC(=O)N=C(c1ccccc1)C(F)(F)F. The molecule has 0 atom stereocenters. The molecule has 1 aromatic carbocycles. The lowest BCUT2D eigenvalue weighted by atomic mass is 10.1. The van der Waals surface area contributed by atoms with Crippen LogP contribution in [0.25, 0.3) is 0 Å². The number of amides is 1. The van der Waals surface area contributed by atoms with E-state index in [1.165, 1.54) is 24.3 Å². The summed E-state index contributed by atoms with van der Waals surface area (Å²) in [6, 6.07) is 6.85. The Morgan fingerprint density at radius 1 is 1.25 bits per heavy atom. The molecule has 0 aromatic heterocycles. The first kappa shape index (κ1) is 12.2. The summed E-state index contributed by atoms with van der Waals surface area (Å²) in [6.45, 7) is 0. The number of benzene rings is 1. The van der Waals surface area contributed by atoms with Crippen LogP contribution in [0.3, 0.4) is 0 Å². The maximum absolute atomic E-state index is 12.6. The molecule has 86 valence electrons. The summed E-state index contributed by atoms with van der Waals surface area (Å²) >= 11 is 0. The Morgan fingerprint density at radius 2 is 1.81 bits per heavy atom. The summed E-state index contributed by atoms with van der Waals surface area (Å²) in [4.78, 5) is 13.6. The number of halogens is 3. The van der Waals surface area contributed by atoms with Crippen LogP contribution in [0.15, 0.2) is 35.3 Å². The molecule has 1 rings (SSSR count). The molecule has 1 aromatic rings. The molecule has 1 amide bonds. The van der Waals surface area contributed by atoms with Gasteiger partial charge in [0.1, 0.15) is 0 Å². The number of alkyl halides is 3. The second-order valence-electron chi connectivity index (χ2n) is 2.79. The Bertz CT molecular complexity index is 398. The van der Waals surface area contributed by atoms with Crippen molar-refractivity contribution in [1.82, 2.24) is 0 Å². The zero-order chi connectivity index (χ0) is 12.2. The summed E-state index contributed by atoms with van der Waals surface area (Å²) in [5.41, 5.74) is -1.44. The number of carbonyl (C=O) groups is 1. The molecule has 0 heterocycles. The zero-order valence-corrected chi connectivity index (χ0v) is 8.28. The van der Waals surface area contributed by atoms with Crippen LogP contribution in [0, 0.1) is 0 Å². The normalized spacial score (nSPS) is 12.4. The molecule has 6 heteroatoms. The average molecular weight is 231 g/mol. The first-order chi connectivity index (χ1) is 7.45. The van der Waals surface area contributed by atoms with Gasteiger partial charge in [0.2, 0.25) is 0 Å². The Balaban J connectivity index is 3.18. The molecular weight excluding hydrogens is 223 g/mol. The van der Waals surface area contributed by atoms with Crippen LogP contribution in [0.2, 0.25) is 0 Å². The van der Waals surface area contributed by atoms with Crippen LogP contribution in [0.4, 0.5) is 18.0 Å². The van der Waals surface area contributed by atoms with Crippen molar-refractivity contribution >= 4 is 11.8 Å². The topological polar surface area (TPSA) is 38.7 Å². The number of carbonyl (C=O) groups excluding carboxylic acids is 1. The summed E-state index contributed by atoms with van der Waals surface area (Å²) in [6.07, 6.45) is -5.98. The molecule has 0 saturated heterocycles. The van der Waals surface area contributed by atoms with Gasteiger partial charge in [0, 0.05) is 5.56 Å². The van der Waals surface area contributed by atoms with E-state index in [0.717, 1.165) is 7.11 Å². The highest BCUT2D eigenvalue weighted by molar-refractivity contribution is 6.08. The highest BCUT2D eigenvalue weighted by Gasteiger charge is 2.37. The number of methoxy groups -OCH3 is 1. The molecule has 0 aliphatic heterocycles. The van der Waals surface area contributed by atoms with Crippen LogP contribution in [0.1, 0.15) is 5.56 Å². The fourth-order valence-electron chi connectivity index (χ4n) is 1.02. The molecule has 0 fully saturated rings. The van der Waals surface area contributed by atoms with Crippen molar-refractivity contribution in [3.63, 3.8) is 0 Å². The quantitative estimate of drug-likeness (QED) is 0.697. The van der Waals surface area contributed by atoms with Crippen molar-refractivity contribution in [1.29, 1.82) is 0 Å². The Morgan fingerprint density at radius 3 is 2.25 bits per heavy atom. The summed E-state index contributed by atoms with van der Waals surface area (Å²) < 4.78 is 41.8. The van der Waals surface area contributed by atoms with Crippen LogP contribution in [0.5, 0.6) is 0 Å². The van der Waals surface area contributed by atoms with Crippen LogP contribution in [-0.4, -0.2) is 25.1 Å². The number of rotatable bonds is 1. The van der Waals surface area contributed by atoms with Gasteiger partial charge in [0.25, 0.3) is 0 Å². The fraction of sp³-hybridized carbons (Fsp3) is 0.200. The summed E-state index contributed by atoms with van der Waals surface area (Å²) in [7, 11) is 0.963. The van der Waals surface area contributed by atoms with E-state index in [2.05, 4.69) is 9.73 Å². The average Bonchev–Trinajstić information content (AvgIpc) is 2.25. The highest BCUT2D eigenvalue weighted by Crippen LogP contribution is 2.22. The molecule has 0 N–H and O–H groups in total. The minimum Gasteiger partial charge on any atom is -0.451 e. The first-order valence-corrected chi connectivity index (χ1v) is 4.24. The van der Waals surface area contributed by atoms with Gasteiger partial charge in [-0.1, -0.05) is 30.3 Å². The van der Waals surface area contributed by atoms with Gasteiger partial charge in [-0.15, -0.1) is 0 Å². The number of hydrogen-bond acceptors (Lipinski definition) is 2. The van der Waals surface area contributed by atoms with Crippen molar-refractivity contribution in [2.45, 2.75) is 6.18 Å². The van der Waals surface area contributed by atoms with Crippen molar-refractivity contribution in [2.24, 2.45) is 4.99 Å². The molecule has 0 aliphatic carbocycles. The van der Waals surface area contributed by atoms with E-state index in [9.17, 15) is 18.0 Å². The first-order valence-electron chi connectivity index (χ1n) is 4.24. The third-order valence-corrected chi connectivity index (χ3v) is 1.69. The van der Waals surface area contributed by atoms with Crippen molar-refractivity contribution in [3.8, 4) is 0 Å². The van der Waals surface area contributed by atoms with Gasteiger partial charge in [-0.05, 0) is 0 Å². The third kappa shape index (κ3) is 3.08. The second-order valence-corrected chi connectivity index (χ2v) is 2.79. The predicted molar refractivity (Wildman–Crippen MR) is 51.4 cm³/mol. The van der Waals surface area contributed by atoms with E-state index >= 15 is 0 Å². The van der Waals surface area contributed by atoms with Gasteiger partial charge >= 0.3 is 12.3 Å². The number of hydrogen-bond donors (Lipinski definition) is 0. The molecule has 16 heavy (non-hydrogen) atoms. The molecule has 0 unspecified atom stereocenters. The van der Waals surface area contributed by atoms with Gasteiger partial charge in [-0.3, -0.25) is 0 Å². The smallest absolute Gasteiger partial charge is 0.434 e. The lowest BCUT2D eigenvalue weighted by molar-refractivity contribution is -0.0582. The van der Waals surface area contributed by atoms with Gasteiger partial charge in [-0.2, -0.15) is 18.2 Å². The van der Waals surface area contributed by atoms with Gasteiger partial charge in [-0.25, -0.2) is 4.79 Å². The molecule has 0 saturated carbocycles. The van der Waals surface area contributed by atoms with E-state index in [4.69, 9.17) is 0 Å². The highest BCUT2D eigenvalue weighted by atomic mass is 19.4. The summed E-state index contributed by atoms with van der Waals surface area (Å²) in [5.74, 6) is 0. The molecule has 0 radical (unpaired) electrons. The maximum atomic E-state index is 12.6. The van der Waals surface area contributed by atoms with Gasteiger partial charge < -0.3 is 4.74 Å². The summed E-state index contributed by atoms with van der Waals surface area (Å²) in [5, 5.41) is 0. The van der Waals surface area contributed by atoms with Crippen molar-refractivity contribution < 1.29 is 22.7 Å².